The first-order chi connectivity index (χ1) is 13.1. The summed E-state index contributed by atoms with van der Waals surface area (Å²) in [6.45, 7) is 3.73. The summed E-state index contributed by atoms with van der Waals surface area (Å²) < 4.78 is 11.3. The zero-order valence-electron chi connectivity index (χ0n) is 15.4. The van der Waals surface area contributed by atoms with E-state index >= 15 is 0 Å². The van der Waals surface area contributed by atoms with E-state index in [2.05, 4.69) is 10.6 Å². The van der Waals surface area contributed by atoms with Crippen LogP contribution >= 0.6 is 23.2 Å². The van der Waals surface area contributed by atoms with Crippen molar-refractivity contribution < 1.29 is 14.6 Å². The Hall–Kier alpha value is -1.50. The Kier molecular flexibility index (Phi) is 9.73. The number of benzene rings is 2. The van der Waals surface area contributed by atoms with Crippen LogP contribution in [0.25, 0.3) is 0 Å². The van der Waals surface area contributed by atoms with Crippen molar-refractivity contribution in [3.63, 3.8) is 0 Å². The molecule has 0 aliphatic rings. The molecule has 0 unspecified atom stereocenters. The van der Waals surface area contributed by atoms with E-state index in [1.54, 1.807) is 19.2 Å². The number of aliphatic hydroxyl groups excluding tert-OH is 1. The molecule has 0 aliphatic heterocycles. The smallest absolute Gasteiger partial charge is 0.161 e. The fourth-order valence-electron chi connectivity index (χ4n) is 2.51. The van der Waals surface area contributed by atoms with E-state index in [9.17, 15) is 0 Å². The van der Waals surface area contributed by atoms with Crippen LogP contribution in [0.1, 0.15) is 17.5 Å². The molecule has 27 heavy (non-hydrogen) atoms. The Bertz CT molecular complexity index is 714. The molecule has 0 fully saturated rings. The summed E-state index contributed by atoms with van der Waals surface area (Å²) >= 11 is 12.0. The molecule has 0 saturated heterocycles. The second-order valence-corrected chi connectivity index (χ2v) is 6.84. The molecule has 148 valence electrons. The van der Waals surface area contributed by atoms with Gasteiger partial charge in [-0.1, -0.05) is 35.3 Å². The average molecular weight is 413 g/mol. The Morgan fingerprint density at radius 1 is 0.889 bits per heavy atom. The van der Waals surface area contributed by atoms with Gasteiger partial charge >= 0.3 is 0 Å². The maximum atomic E-state index is 8.70. The zero-order valence-corrected chi connectivity index (χ0v) is 16.9. The number of methoxy groups -OCH3 is 1. The first-order valence-electron chi connectivity index (χ1n) is 8.90. The number of ether oxygens (including phenoxy) is 2. The lowest BCUT2D eigenvalue weighted by Gasteiger charge is -2.13. The lowest BCUT2D eigenvalue weighted by Crippen LogP contribution is -2.23. The number of halogens is 2. The van der Waals surface area contributed by atoms with Gasteiger partial charge in [-0.25, -0.2) is 0 Å². The van der Waals surface area contributed by atoms with Gasteiger partial charge in [0.05, 0.1) is 23.8 Å². The van der Waals surface area contributed by atoms with Crippen LogP contribution in [0.5, 0.6) is 11.5 Å². The Balaban J connectivity index is 1.83. The van der Waals surface area contributed by atoms with Crippen molar-refractivity contribution in [2.24, 2.45) is 0 Å². The molecule has 7 heteroatoms. The predicted molar refractivity (Wildman–Crippen MR) is 110 cm³/mol. The fourth-order valence-corrected chi connectivity index (χ4v) is 2.83. The van der Waals surface area contributed by atoms with E-state index in [1.807, 2.05) is 24.3 Å². The van der Waals surface area contributed by atoms with Gasteiger partial charge in [-0.15, -0.1) is 0 Å². The van der Waals surface area contributed by atoms with E-state index in [1.165, 1.54) is 0 Å². The topological polar surface area (TPSA) is 62.8 Å². The molecule has 5 nitrogen and oxygen atoms in total. The molecular formula is C20H26Cl2N2O3. The second-order valence-electron chi connectivity index (χ2n) is 6.03. The molecule has 0 saturated carbocycles. The van der Waals surface area contributed by atoms with Crippen LogP contribution in [0.4, 0.5) is 0 Å². The Morgan fingerprint density at radius 3 is 2.41 bits per heavy atom. The third-order valence-corrected chi connectivity index (χ3v) is 4.67. The van der Waals surface area contributed by atoms with Crippen LogP contribution in [0, 0.1) is 0 Å². The molecule has 2 aromatic rings. The van der Waals surface area contributed by atoms with Crippen molar-refractivity contribution >= 4 is 23.2 Å². The quantitative estimate of drug-likeness (QED) is 0.464. The fraction of sp³-hybridized carbons (Fsp3) is 0.400. The van der Waals surface area contributed by atoms with E-state index in [-0.39, 0.29) is 6.61 Å². The van der Waals surface area contributed by atoms with Crippen molar-refractivity contribution in [2.45, 2.75) is 19.6 Å². The molecule has 0 spiro atoms. The average Bonchev–Trinajstić information content (AvgIpc) is 2.68. The molecule has 0 atom stereocenters. The van der Waals surface area contributed by atoms with E-state index in [4.69, 9.17) is 37.8 Å². The summed E-state index contributed by atoms with van der Waals surface area (Å²) in [7, 11) is 1.63. The minimum atomic E-state index is 0.173. The molecule has 0 heterocycles. The van der Waals surface area contributed by atoms with Gasteiger partial charge in [0, 0.05) is 13.1 Å². The largest absolute Gasteiger partial charge is 0.493 e. The van der Waals surface area contributed by atoms with E-state index in [0.29, 0.717) is 34.7 Å². The van der Waals surface area contributed by atoms with Gasteiger partial charge in [0.15, 0.2) is 11.5 Å². The van der Waals surface area contributed by atoms with Crippen molar-refractivity contribution in [3.05, 3.63) is 57.6 Å². The standard InChI is InChI=1S/C20H26Cl2N2O3/c1-26-20-12-15(13-24-8-2-7-23-9-10-25)4-6-19(20)27-14-16-3-5-17(21)18(22)11-16/h3-6,11-12,23-25H,2,7-10,13-14H2,1H3. The number of rotatable bonds is 12. The first kappa shape index (κ1) is 21.8. The highest BCUT2D eigenvalue weighted by atomic mass is 35.5. The van der Waals surface area contributed by atoms with Gasteiger partial charge in [0.25, 0.3) is 0 Å². The molecular weight excluding hydrogens is 387 g/mol. The SMILES string of the molecule is COc1cc(CNCCCNCCO)ccc1OCc1ccc(Cl)c(Cl)c1. The van der Waals surface area contributed by atoms with Crippen molar-refractivity contribution in [2.75, 3.05) is 33.4 Å². The summed E-state index contributed by atoms with van der Waals surface area (Å²) in [5, 5.41) is 16.3. The summed E-state index contributed by atoms with van der Waals surface area (Å²) in [5.41, 5.74) is 2.06. The molecule has 2 aromatic carbocycles. The summed E-state index contributed by atoms with van der Waals surface area (Å²) in [6.07, 6.45) is 1.00. The minimum Gasteiger partial charge on any atom is -0.493 e. The normalized spacial score (nSPS) is 10.8. The maximum Gasteiger partial charge on any atom is 0.161 e. The second kappa shape index (κ2) is 12.1. The highest BCUT2D eigenvalue weighted by Crippen LogP contribution is 2.29. The Labute approximate surface area is 170 Å². The number of nitrogens with one attached hydrogen (secondary N) is 2. The number of aliphatic hydroxyl groups is 1. The zero-order chi connectivity index (χ0) is 19.5. The summed E-state index contributed by atoms with van der Waals surface area (Å²) in [5.74, 6) is 1.37. The van der Waals surface area contributed by atoms with Crippen LogP contribution < -0.4 is 20.1 Å². The van der Waals surface area contributed by atoms with Crippen molar-refractivity contribution in [3.8, 4) is 11.5 Å². The van der Waals surface area contributed by atoms with Crippen molar-refractivity contribution in [1.82, 2.24) is 10.6 Å². The van der Waals surface area contributed by atoms with Crippen molar-refractivity contribution in [1.29, 1.82) is 0 Å². The summed E-state index contributed by atoms with van der Waals surface area (Å²) in [4.78, 5) is 0. The first-order valence-corrected chi connectivity index (χ1v) is 9.65. The Morgan fingerprint density at radius 2 is 1.67 bits per heavy atom. The van der Waals surface area contributed by atoms with Crippen LogP contribution in [-0.2, 0) is 13.2 Å². The molecule has 0 aliphatic carbocycles. The van der Waals surface area contributed by atoms with E-state index in [0.717, 1.165) is 37.2 Å². The van der Waals surface area contributed by atoms with Gasteiger partial charge in [-0.2, -0.15) is 0 Å². The van der Waals surface area contributed by atoms with Gasteiger partial charge in [-0.05, 0) is 54.9 Å². The summed E-state index contributed by atoms with van der Waals surface area (Å²) in [6, 6.07) is 11.3. The monoisotopic (exact) mass is 412 g/mol. The molecule has 0 bridgehead atoms. The van der Waals surface area contributed by atoms with Gasteiger partial charge in [-0.3, -0.25) is 0 Å². The third kappa shape index (κ3) is 7.56. The molecule has 0 aromatic heterocycles. The van der Waals surface area contributed by atoms with Gasteiger partial charge < -0.3 is 25.2 Å². The molecule has 3 N–H and O–H groups in total. The highest BCUT2D eigenvalue weighted by molar-refractivity contribution is 6.42. The van der Waals surface area contributed by atoms with Gasteiger partial charge in [0.2, 0.25) is 0 Å². The van der Waals surface area contributed by atoms with Gasteiger partial charge in [0.1, 0.15) is 6.61 Å². The lowest BCUT2D eigenvalue weighted by molar-refractivity contribution is 0.284. The van der Waals surface area contributed by atoms with Crippen LogP contribution in [0.2, 0.25) is 10.0 Å². The number of hydrogen-bond acceptors (Lipinski definition) is 5. The van der Waals surface area contributed by atoms with Crippen LogP contribution in [-0.4, -0.2) is 38.5 Å². The molecule has 0 amide bonds. The highest BCUT2D eigenvalue weighted by Gasteiger charge is 2.07. The van der Waals surface area contributed by atoms with E-state index < -0.39 is 0 Å². The molecule has 2 rings (SSSR count). The molecule has 0 radical (unpaired) electrons. The third-order valence-electron chi connectivity index (χ3n) is 3.93. The van der Waals surface area contributed by atoms with Crippen LogP contribution in [0.3, 0.4) is 0 Å². The van der Waals surface area contributed by atoms with Crippen LogP contribution in [0.15, 0.2) is 36.4 Å². The maximum absolute atomic E-state index is 8.70. The number of hydrogen-bond donors (Lipinski definition) is 3. The lowest BCUT2D eigenvalue weighted by atomic mass is 10.2. The predicted octanol–water partition coefficient (Wildman–Crippen LogP) is 3.64. The minimum absolute atomic E-state index is 0.173.